The quantitative estimate of drug-likeness (QED) is 0.850. The van der Waals surface area contributed by atoms with Gasteiger partial charge < -0.3 is 10.1 Å². The number of hydrogen-bond acceptors (Lipinski definition) is 3. The fourth-order valence-corrected chi connectivity index (χ4v) is 2.10. The molecule has 96 valence electrons. The van der Waals surface area contributed by atoms with Crippen molar-refractivity contribution in [1.29, 1.82) is 0 Å². The van der Waals surface area contributed by atoms with E-state index in [2.05, 4.69) is 34.6 Å². The maximum Gasteiger partial charge on any atom is 0.124 e. The zero-order valence-corrected chi connectivity index (χ0v) is 11.0. The van der Waals surface area contributed by atoms with E-state index in [1.165, 1.54) is 5.56 Å². The molecule has 1 unspecified atom stereocenters. The van der Waals surface area contributed by atoms with Crippen LogP contribution in [0.4, 0.5) is 0 Å². The Kier molecular flexibility index (Phi) is 3.99. The van der Waals surface area contributed by atoms with Crippen molar-refractivity contribution in [3.8, 4) is 5.75 Å². The molecule has 0 bridgehead atoms. The van der Waals surface area contributed by atoms with Gasteiger partial charge in [0.15, 0.2) is 0 Å². The number of H-pyrrole nitrogens is 1. The van der Waals surface area contributed by atoms with Crippen molar-refractivity contribution in [3.63, 3.8) is 0 Å². The molecule has 0 saturated carbocycles. The summed E-state index contributed by atoms with van der Waals surface area (Å²) in [5, 5.41) is 10.2. The number of hydrogen-bond donors (Lipinski definition) is 2. The standard InChI is InChI=1S/C14H19N3O/c1-4-18-13-6-5-10(2)7-12(13)14(15-3)11-8-16-17-9-11/h5-9,14-15H,4H2,1-3H3,(H,16,17). The highest BCUT2D eigenvalue weighted by atomic mass is 16.5. The fourth-order valence-electron chi connectivity index (χ4n) is 2.10. The molecule has 0 aliphatic rings. The Morgan fingerprint density at radius 2 is 2.28 bits per heavy atom. The van der Waals surface area contributed by atoms with E-state index in [9.17, 15) is 0 Å². The van der Waals surface area contributed by atoms with E-state index in [0.29, 0.717) is 6.61 Å². The van der Waals surface area contributed by atoms with Gasteiger partial charge in [-0.05, 0) is 27.0 Å². The van der Waals surface area contributed by atoms with Gasteiger partial charge in [0.05, 0.1) is 18.8 Å². The number of ether oxygens (including phenoxy) is 1. The Balaban J connectivity index is 2.43. The first-order chi connectivity index (χ1) is 8.76. The van der Waals surface area contributed by atoms with Gasteiger partial charge in [-0.3, -0.25) is 5.10 Å². The topological polar surface area (TPSA) is 49.9 Å². The van der Waals surface area contributed by atoms with Crippen molar-refractivity contribution in [3.05, 3.63) is 47.3 Å². The Morgan fingerprint density at radius 1 is 1.44 bits per heavy atom. The van der Waals surface area contributed by atoms with Crippen LogP contribution in [0.5, 0.6) is 5.75 Å². The third kappa shape index (κ3) is 2.54. The Hall–Kier alpha value is -1.81. The zero-order valence-electron chi connectivity index (χ0n) is 11.0. The highest BCUT2D eigenvalue weighted by molar-refractivity contribution is 5.43. The number of benzene rings is 1. The normalized spacial score (nSPS) is 12.4. The molecule has 0 fully saturated rings. The van der Waals surface area contributed by atoms with Gasteiger partial charge in [0.1, 0.15) is 5.75 Å². The van der Waals surface area contributed by atoms with E-state index in [4.69, 9.17) is 4.74 Å². The predicted octanol–water partition coefficient (Wildman–Crippen LogP) is 2.43. The first-order valence-corrected chi connectivity index (χ1v) is 6.15. The molecule has 2 aromatic rings. The van der Waals surface area contributed by atoms with E-state index >= 15 is 0 Å². The molecular weight excluding hydrogens is 226 g/mol. The first-order valence-electron chi connectivity index (χ1n) is 6.15. The summed E-state index contributed by atoms with van der Waals surface area (Å²) in [4.78, 5) is 0. The number of nitrogens with zero attached hydrogens (tertiary/aromatic N) is 1. The van der Waals surface area contributed by atoms with Crippen LogP contribution in [0.3, 0.4) is 0 Å². The van der Waals surface area contributed by atoms with Gasteiger partial charge in [-0.15, -0.1) is 0 Å². The van der Waals surface area contributed by atoms with Gasteiger partial charge >= 0.3 is 0 Å². The minimum atomic E-state index is 0.0881. The molecule has 0 saturated heterocycles. The van der Waals surface area contributed by atoms with Crippen LogP contribution in [0.25, 0.3) is 0 Å². The van der Waals surface area contributed by atoms with Gasteiger partial charge in [-0.2, -0.15) is 5.10 Å². The summed E-state index contributed by atoms with van der Waals surface area (Å²) in [7, 11) is 1.94. The highest BCUT2D eigenvalue weighted by Crippen LogP contribution is 2.30. The summed E-state index contributed by atoms with van der Waals surface area (Å²) in [6, 6.07) is 6.33. The lowest BCUT2D eigenvalue weighted by Gasteiger charge is -2.19. The maximum atomic E-state index is 5.70. The van der Waals surface area contributed by atoms with E-state index in [1.54, 1.807) is 0 Å². The minimum absolute atomic E-state index is 0.0881. The van der Waals surface area contributed by atoms with Crippen LogP contribution in [0.1, 0.15) is 29.7 Å². The molecule has 0 amide bonds. The minimum Gasteiger partial charge on any atom is -0.494 e. The van der Waals surface area contributed by atoms with Gasteiger partial charge in [-0.25, -0.2) is 0 Å². The number of aryl methyl sites for hydroxylation is 1. The number of nitrogens with one attached hydrogen (secondary N) is 2. The zero-order chi connectivity index (χ0) is 13.0. The average Bonchev–Trinajstić information content (AvgIpc) is 2.87. The fraction of sp³-hybridized carbons (Fsp3) is 0.357. The van der Waals surface area contributed by atoms with E-state index in [1.807, 2.05) is 32.4 Å². The Morgan fingerprint density at radius 3 is 2.89 bits per heavy atom. The van der Waals surface area contributed by atoms with Crippen LogP contribution in [-0.4, -0.2) is 23.9 Å². The van der Waals surface area contributed by atoms with Gasteiger partial charge in [0, 0.05) is 17.3 Å². The third-order valence-corrected chi connectivity index (χ3v) is 2.92. The maximum absolute atomic E-state index is 5.70. The summed E-state index contributed by atoms with van der Waals surface area (Å²) < 4.78 is 5.70. The number of aromatic nitrogens is 2. The molecule has 0 radical (unpaired) electrons. The van der Waals surface area contributed by atoms with Crippen molar-refractivity contribution in [1.82, 2.24) is 15.5 Å². The summed E-state index contributed by atoms with van der Waals surface area (Å²) >= 11 is 0. The van der Waals surface area contributed by atoms with Crippen molar-refractivity contribution < 1.29 is 4.74 Å². The molecule has 0 aliphatic heterocycles. The molecule has 0 spiro atoms. The third-order valence-electron chi connectivity index (χ3n) is 2.92. The molecule has 1 atom stereocenters. The molecule has 4 heteroatoms. The first kappa shape index (κ1) is 12.6. The molecule has 1 heterocycles. The van der Waals surface area contributed by atoms with Crippen molar-refractivity contribution in [2.45, 2.75) is 19.9 Å². The Labute approximate surface area is 107 Å². The van der Waals surface area contributed by atoms with Gasteiger partial charge in [0.2, 0.25) is 0 Å². The SMILES string of the molecule is CCOc1ccc(C)cc1C(NC)c1cn[nH]c1. The van der Waals surface area contributed by atoms with E-state index in [0.717, 1.165) is 16.9 Å². The molecule has 2 N–H and O–H groups in total. The van der Waals surface area contributed by atoms with Crippen LogP contribution in [-0.2, 0) is 0 Å². The van der Waals surface area contributed by atoms with E-state index < -0.39 is 0 Å². The lowest BCUT2D eigenvalue weighted by atomic mass is 9.99. The molecule has 1 aromatic heterocycles. The second kappa shape index (κ2) is 5.69. The van der Waals surface area contributed by atoms with Crippen LogP contribution < -0.4 is 10.1 Å². The highest BCUT2D eigenvalue weighted by Gasteiger charge is 2.17. The molecule has 18 heavy (non-hydrogen) atoms. The summed E-state index contributed by atoms with van der Waals surface area (Å²) in [5.74, 6) is 0.920. The lowest BCUT2D eigenvalue weighted by molar-refractivity contribution is 0.334. The predicted molar refractivity (Wildman–Crippen MR) is 71.8 cm³/mol. The van der Waals surface area contributed by atoms with Crippen LogP contribution >= 0.6 is 0 Å². The lowest BCUT2D eigenvalue weighted by Crippen LogP contribution is -2.18. The van der Waals surface area contributed by atoms with E-state index in [-0.39, 0.29) is 6.04 Å². The van der Waals surface area contributed by atoms with Crippen LogP contribution in [0.2, 0.25) is 0 Å². The number of aromatic amines is 1. The van der Waals surface area contributed by atoms with Crippen LogP contribution in [0, 0.1) is 6.92 Å². The Bertz CT molecular complexity index is 494. The second-order valence-electron chi connectivity index (χ2n) is 4.23. The van der Waals surface area contributed by atoms with Crippen molar-refractivity contribution >= 4 is 0 Å². The average molecular weight is 245 g/mol. The van der Waals surface area contributed by atoms with Gasteiger partial charge in [0.25, 0.3) is 0 Å². The summed E-state index contributed by atoms with van der Waals surface area (Å²) in [6.45, 7) is 4.75. The summed E-state index contributed by atoms with van der Waals surface area (Å²) in [5.41, 5.74) is 3.46. The largest absolute Gasteiger partial charge is 0.494 e. The molecule has 1 aromatic carbocycles. The van der Waals surface area contributed by atoms with Crippen molar-refractivity contribution in [2.24, 2.45) is 0 Å². The monoisotopic (exact) mass is 245 g/mol. The molecule has 2 rings (SSSR count). The number of rotatable bonds is 5. The molecular formula is C14H19N3O. The van der Waals surface area contributed by atoms with Crippen molar-refractivity contribution in [2.75, 3.05) is 13.7 Å². The van der Waals surface area contributed by atoms with Crippen LogP contribution in [0.15, 0.2) is 30.6 Å². The molecule has 4 nitrogen and oxygen atoms in total. The second-order valence-corrected chi connectivity index (χ2v) is 4.23. The summed E-state index contributed by atoms with van der Waals surface area (Å²) in [6.07, 6.45) is 3.73. The van der Waals surface area contributed by atoms with Gasteiger partial charge in [-0.1, -0.05) is 17.7 Å². The smallest absolute Gasteiger partial charge is 0.124 e. The molecule has 0 aliphatic carbocycles.